The van der Waals surface area contributed by atoms with Crippen LogP contribution in [0.15, 0.2) is 24.3 Å². The molecule has 1 aromatic carbocycles. The second kappa shape index (κ2) is 3.88. The number of carboxylic acids is 1. The van der Waals surface area contributed by atoms with Gasteiger partial charge in [-0.05, 0) is 17.7 Å². The lowest BCUT2D eigenvalue weighted by molar-refractivity contribution is -0.149. The van der Waals surface area contributed by atoms with E-state index in [0.717, 1.165) is 4.90 Å². The van der Waals surface area contributed by atoms with E-state index in [-0.39, 0.29) is 6.54 Å². The van der Waals surface area contributed by atoms with Gasteiger partial charge in [0.25, 0.3) is 0 Å². The summed E-state index contributed by atoms with van der Waals surface area (Å²) >= 11 is 0. The smallest absolute Gasteiger partial charge is 0.308 e. The van der Waals surface area contributed by atoms with Crippen LogP contribution in [0.3, 0.4) is 0 Å². The molecular formula is C13H10FNO4. The van der Waals surface area contributed by atoms with Crippen LogP contribution < -0.4 is 0 Å². The fourth-order valence-electron chi connectivity index (χ4n) is 2.63. The van der Waals surface area contributed by atoms with Crippen molar-refractivity contribution in [3.05, 3.63) is 35.6 Å². The second-order valence-corrected chi connectivity index (χ2v) is 4.80. The Hall–Kier alpha value is -2.24. The molecule has 19 heavy (non-hydrogen) atoms. The first kappa shape index (κ1) is 11.8. The highest BCUT2D eigenvalue weighted by atomic mass is 19.1. The minimum atomic E-state index is -1.10. The van der Waals surface area contributed by atoms with Crippen LogP contribution in [0, 0.1) is 23.6 Å². The van der Waals surface area contributed by atoms with Gasteiger partial charge in [0.05, 0.1) is 24.3 Å². The van der Waals surface area contributed by atoms with Crippen LogP contribution in [0.5, 0.6) is 0 Å². The minimum Gasteiger partial charge on any atom is -0.481 e. The van der Waals surface area contributed by atoms with Crippen molar-refractivity contribution in [1.82, 2.24) is 4.90 Å². The zero-order valence-electron chi connectivity index (χ0n) is 9.75. The molecule has 1 aromatic rings. The van der Waals surface area contributed by atoms with Gasteiger partial charge in [-0.25, -0.2) is 4.39 Å². The number of nitrogens with zero attached hydrogens (tertiary/aromatic N) is 1. The van der Waals surface area contributed by atoms with Crippen molar-refractivity contribution in [3.8, 4) is 0 Å². The molecule has 3 rings (SSSR count). The number of carboxylic acid groups (broad SMARTS) is 1. The number of hydrogen-bond acceptors (Lipinski definition) is 3. The first-order valence-electron chi connectivity index (χ1n) is 5.83. The number of imide groups is 1. The van der Waals surface area contributed by atoms with Crippen molar-refractivity contribution in [1.29, 1.82) is 0 Å². The van der Waals surface area contributed by atoms with Crippen LogP contribution in [0.25, 0.3) is 0 Å². The SMILES string of the molecule is O=C(O)C1C2C(=O)N(Cc3ccc(F)cc3)C(=O)C12. The highest BCUT2D eigenvalue weighted by Gasteiger charge is 2.70. The van der Waals surface area contributed by atoms with E-state index in [9.17, 15) is 18.8 Å². The summed E-state index contributed by atoms with van der Waals surface area (Å²) in [5.74, 6) is -4.63. The number of hydrogen-bond donors (Lipinski definition) is 1. The van der Waals surface area contributed by atoms with Gasteiger partial charge in [-0.1, -0.05) is 12.1 Å². The van der Waals surface area contributed by atoms with Gasteiger partial charge in [-0.2, -0.15) is 0 Å². The Balaban J connectivity index is 1.75. The number of carbonyl (C=O) groups excluding carboxylic acids is 2. The molecule has 1 aliphatic heterocycles. The first-order chi connectivity index (χ1) is 9.00. The molecule has 1 saturated carbocycles. The Morgan fingerprint density at radius 1 is 1.16 bits per heavy atom. The summed E-state index contributed by atoms with van der Waals surface area (Å²) in [5, 5.41) is 8.84. The lowest BCUT2D eigenvalue weighted by Crippen LogP contribution is -2.35. The molecule has 2 aliphatic rings. The maximum atomic E-state index is 12.8. The number of carbonyl (C=O) groups is 3. The fraction of sp³-hybridized carbons (Fsp3) is 0.308. The number of amides is 2. The van der Waals surface area contributed by atoms with Gasteiger partial charge in [-0.15, -0.1) is 0 Å². The molecule has 0 spiro atoms. The summed E-state index contributed by atoms with van der Waals surface area (Å²) in [5.41, 5.74) is 0.635. The lowest BCUT2D eigenvalue weighted by atomic mass is 10.2. The molecule has 2 amide bonds. The lowest BCUT2D eigenvalue weighted by Gasteiger charge is -2.17. The van der Waals surface area contributed by atoms with E-state index in [1.807, 2.05) is 0 Å². The van der Waals surface area contributed by atoms with Crippen molar-refractivity contribution >= 4 is 17.8 Å². The van der Waals surface area contributed by atoms with Gasteiger partial charge in [0.1, 0.15) is 5.82 Å². The summed E-state index contributed by atoms with van der Waals surface area (Å²) in [7, 11) is 0. The third-order valence-electron chi connectivity index (χ3n) is 3.66. The number of likely N-dealkylation sites (tertiary alicyclic amines) is 1. The zero-order valence-corrected chi connectivity index (χ0v) is 9.75. The Kier molecular flexibility index (Phi) is 2.41. The van der Waals surface area contributed by atoms with Gasteiger partial charge in [0, 0.05) is 0 Å². The quantitative estimate of drug-likeness (QED) is 0.812. The molecular weight excluding hydrogens is 253 g/mol. The van der Waals surface area contributed by atoms with Crippen molar-refractivity contribution in [2.75, 3.05) is 0 Å². The van der Waals surface area contributed by atoms with E-state index in [1.165, 1.54) is 24.3 Å². The maximum Gasteiger partial charge on any atom is 0.308 e. The summed E-state index contributed by atoms with van der Waals surface area (Å²) < 4.78 is 12.8. The average molecular weight is 263 g/mol. The molecule has 2 atom stereocenters. The summed E-state index contributed by atoms with van der Waals surface area (Å²) in [6, 6.07) is 5.49. The number of benzene rings is 1. The molecule has 1 N–H and O–H groups in total. The molecule has 2 unspecified atom stereocenters. The van der Waals surface area contributed by atoms with Crippen LogP contribution in [0.1, 0.15) is 5.56 Å². The number of fused-ring (bicyclic) bond motifs is 1. The molecule has 0 aromatic heterocycles. The molecule has 1 saturated heterocycles. The summed E-state index contributed by atoms with van der Waals surface area (Å²) in [4.78, 5) is 35.7. The Morgan fingerprint density at radius 3 is 2.16 bits per heavy atom. The van der Waals surface area contributed by atoms with E-state index in [2.05, 4.69) is 0 Å². The predicted octanol–water partition coefficient (Wildman–Crippen LogP) is 0.641. The Labute approximate surface area is 107 Å². The monoisotopic (exact) mass is 263 g/mol. The highest BCUT2D eigenvalue weighted by Crippen LogP contribution is 2.53. The minimum absolute atomic E-state index is 0.0668. The van der Waals surface area contributed by atoms with E-state index >= 15 is 0 Å². The average Bonchev–Trinajstić information content (AvgIpc) is 3.06. The van der Waals surface area contributed by atoms with Gasteiger partial charge in [0.2, 0.25) is 11.8 Å². The van der Waals surface area contributed by atoms with Crippen molar-refractivity contribution in [2.24, 2.45) is 17.8 Å². The molecule has 98 valence electrons. The molecule has 1 heterocycles. The summed E-state index contributed by atoms with van der Waals surface area (Å²) in [6.07, 6.45) is 0. The fourth-order valence-corrected chi connectivity index (χ4v) is 2.63. The highest BCUT2D eigenvalue weighted by molar-refractivity contribution is 6.13. The third kappa shape index (κ3) is 1.71. The zero-order chi connectivity index (χ0) is 13.7. The van der Waals surface area contributed by atoms with Crippen LogP contribution in [-0.2, 0) is 20.9 Å². The van der Waals surface area contributed by atoms with E-state index < -0.39 is 41.4 Å². The molecule has 0 bridgehead atoms. The number of aliphatic carboxylic acids is 1. The number of piperidine rings is 1. The third-order valence-corrected chi connectivity index (χ3v) is 3.66. The van der Waals surface area contributed by atoms with Crippen LogP contribution in [0.4, 0.5) is 4.39 Å². The second-order valence-electron chi connectivity index (χ2n) is 4.80. The molecule has 6 heteroatoms. The predicted molar refractivity (Wildman–Crippen MR) is 60.1 cm³/mol. The molecule has 1 aliphatic carbocycles. The number of halogens is 1. The largest absolute Gasteiger partial charge is 0.481 e. The van der Waals surface area contributed by atoms with E-state index in [0.29, 0.717) is 5.56 Å². The van der Waals surface area contributed by atoms with Crippen molar-refractivity contribution in [3.63, 3.8) is 0 Å². The van der Waals surface area contributed by atoms with Gasteiger partial charge < -0.3 is 5.11 Å². The molecule has 5 nitrogen and oxygen atoms in total. The Morgan fingerprint density at radius 2 is 1.68 bits per heavy atom. The molecule has 0 radical (unpaired) electrons. The summed E-state index contributed by atoms with van der Waals surface area (Å²) in [6.45, 7) is 0.0668. The van der Waals surface area contributed by atoms with Crippen LogP contribution in [0.2, 0.25) is 0 Å². The van der Waals surface area contributed by atoms with Crippen LogP contribution >= 0.6 is 0 Å². The number of rotatable bonds is 3. The van der Waals surface area contributed by atoms with Gasteiger partial charge in [0.15, 0.2) is 0 Å². The van der Waals surface area contributed by atoms with E-state index in [4.69, 9.17) is 5.11 Å². The maximum absolute atomic E-state index is 12.8. The van der Waals surface area contributed by atoms with Crippen molar-refractivity contribution in [2.45, 2.75) is 6.54 Å². The van der Waals surface area contributed by atoms with Gasteiger partial charge >= 0.3 is 5.97 Å². The van der Waals surface area contributed by atoms with Crippen molar-refractivity contribution < 1.29 is 23.9 Å². The normalized spacial score (nSPS) is 28.5. The molecule has 2 fully saturated rings. The topological polar surface area (TPSA) is 74.7 Å². The van der Waals surface area contributed by atoms with E-state index in [1.54, 1.807) is 0 Å². The standard InChI is InChI=1S/C13H10FNO4/c14-7-3-1-6(2-4-7)5-15-11(16)8-9(12(15)17)10(8)13(18)19/h1-4,8-10H,5H2,(H,18,19). The Bertz CT molecular complexity index is 561. The van der Waals surface area contributed by atoms with Gasteiger partial charge in [-0.3, -0.25) is 19.3 Å². The van der Waals surface area contributed by atoms with Crippen LogP contribution in [-0.4, -0.2) is 27.8 Å². The first-order valence-corrected chi connectivity index (χ1v) is 5.83.